The van der Waals surface area contributed by atoms with Gasteiger partial charge in [-0.1, -0.05) is 6.92 Å². The molecule has 0 aliphatic heterocycles. The number of thiazole rings is 1. The van der Waals surface area contributed by atoms with Gasteiger partial charge in [-0.2, -0.15) is 0 Å². The fourth-order valence-corrected chi connectivity index (χ4v) is 2.74. The Morgan fingerprint density at radius 1 is 1.25 bits per heavy atom. The second-order valence-electron chi connectivity index (χ2n) is 4.53. The average Bonchev–Trinajstić information content (AvgIpc) is 2.91. The monoisotopic (exact) mass is 293 g/mol. The molecule has 0 amide bonds. The van der Waals surface area contributed by atoms with E-state index in [0.717, 1.165) is 11.4 Å². The van der Waals surface area contributed by atoms with E-state index in [1.165, 1.54) is 4.88 Å². The van der Waals surface area contributed by atoms with Crippen LogP contribution in [-0.2, 0) is 26.1 Å². The standard InChI is InChI=1S/C14H19N3O2S/c1-3-11-5-17-13(20-11)7-15-6-12-10(8-18)4-16-9(2)14(12)19/h4-5,15,18-19H,3,6-8H2,1-2H3. The molecule has 6 heteroatoms. The van der Waals surface area contributed by atoms with Gasteiger partial charge in [-0.05, 0) is 13.3 Å². The van der Waals surface area contributed by atoms with E-state index in [-0.39, 0.29) is 12.4 Å². The van der Waals surface area contributed by atoms with E-state index < -0.39 is 0 Å². The second kappa shape index (κ2) is 6.78. The number of hydrogen-bond donors (Lipinski definition) is 3. The highest BCUT2D eigenvalue weighted by Gasteiger charge is 2.11. The number of nitrogens with zero attached hydrogens (tertiary/aromatic N) is 2. The van der Waals surface area contributed by atoms with E-state index in [0.29, 0.717) is 29.9 Å². The number of aliphatic hydroxyl groups excluding tert-OH is 1. The lowest BCUT2D eigenvalue weighted by atomic mass is 10.1. The second-order valence-corrected chi connectivity index (χ2v) is 5.73. The molecule has 0 aliphatic rings. The molecule has 2 aromatic rings. The topological polar surface area (TPSA) is 78.3 Å². The zero-order valence-corrected chi connectivity index (χ0v) is 12.5. The van der Waals surface area contributed by atoms with Crippen LogP contribution in [-0.4, -0.2) is 20.2 Å². The van der Waals surface area contributed by atoms with Crippen molar-refractivity contribution in [3.05, 3.63) is 39.1 Å². The summed E-state index contributed by atoms with van der Waals surface area (Å²) in [4.78, 5) is 9.64. The van der Waals surface area contributed by atoms with Gasteiger partial charge in [0.2, 0.25) is 0 Å². The van der Waals surface area contributed by atoms with Crippen molar-refractivity contribution >= 4 is 11.3 Å². The first-order valence-electron chi connectivity index (χ1n) is 6.57. The van der Waals surface area contributed by atoms with Crippen LogP contribution >= 0.6 is 11.3 Å². The first-order valence-corrected chi connectivity index (χ1v) is 7.38. The molecule has 20 heavy (non-hydrogen) atoms. The molecule has 0 saturated carbocycles. The van der Waals surface area contributed by atoms with Crippen LogP contribution in [0, 0.1) is 6.92 Å². The van der Waals surface area contributed by atoms with Crippen LogP contribution in [0.3, 0.4) is 0 Å². The van der Waals surface area contributed by atoms with Gasteiger partial charge in [0.1, 0.15) is 10.8 Å². The Morgan fingerprint density at radius 3 is 2.70 bits per heavy atom. The van der Waals surface area contributed by atoms with E-state index in [1.54, 1.807) is 24.5 Å². The maximum atomic E-state index is 10.0. The summed E-state index contributed by atoms with van der Waals surface area (Å²) in [6.07, 6.45) is 4.50. The van der Waals surface area contributed by atoms with E-state index in [4.69, 9.17) is 0 Å². The van der Waals surface area contributed by atoms with Crippen LogP contribution in [0.1, 0.15) is 33.6 Å². The Labute approximate surface area is 122 Å². The molecule has 0 spiro atoms. The molecular formula is C14H19N3O2S. The minimum absolute atomic E-state index is 0.130. The number of hydrogen-bond acceptors (Lipinski definition) is 6. The summed E-state index contributed by atoms with van der Waals surface area (Å²) in [5.74, 6) is 0.150. The molecule has 0 aromatic carbocycles. The number of aromatic hydroxyl groups is 1. The molecular weight excluding hydrogens is 274 g/mol. The third-order valence-electron chi connectivity index (χ3n) is 3.13. The van der Waals surface area contributed by atoms with Gasteiger partial charge in [-0.25, -0.2) is 4.98 Å². The largest absolute Gasteiger partial charge is 0.506 e. The third-order valence-corrected chi connectivity index (χ3v) is 4.27. The van der Waals surface area contributed by atoms with Crippen LogP contribution in [0.25, 0.3) is 0 Å². The van der Waals surface area contributed by atoms with Crippen molar-refractivity contribution in [1.82, 2.24) is 15.3 Å². The Morgan fingerprint density at radius 2 is 2.05 bits per heavy atom. The SMILES string of the molecule is CCc1cnc(CNCc2c(CO)cnc(C)c2O)s1. The predicted molar refractivity (Wildman–Crippen MR) is 78.6 cm³/mol. The zero-order chi connectivity index (χ0) is 14.5. The van der Waals surface area contributed by atoms with Crippen molar-refractivity contribution in [1.29, 1.82) is 0 Å². The predicted octanol–water partition coefficient (Wildman–Crippen LogP) is 1.90. The van der Waals surface area contributed by atoms with Gasteiger partial charge in [0, 0.05) is 41.5 Å². The van der Waals surface area contributed by atoms with Crippen LogP contribution in [0.2, 0.25) is 0 Å². The zero-order valence-electron chi connectivity index (χ0n) is 11.7. The molecule has 0 atom stereocenters. The number of aromatic nitrogens is 2. The number of nitrogens with one attached hydrogen (secondary N) is 1. The summed E-state index contributed by atoms with van der Waals surface area (Å²) >= 11 is 1.69. The molecule has 0 aliphatic carbocycles. The smallest absolute Gasteiger partial charge is 0.141 e. The quantitative estimate of drug-likeness (QED) is 0.758. The van der Waals surface area contributed by atoms with Gasteiger partial charge < -0.3 is 15.5 Å². The highest BCUT2D eigenvalue weighted by molar-refractivity contribution is 7.11. The Balaban J connectivity index is 2.01. The van der Waals surface area contributed by atoms with Crippen LogP contribution in [0.5, 0.6) is 5.75 Å². The fourth-order valence-electron chi connectivity index (χ4n) is 1.91. The Bertz CT molecular complexity index is 584. The molecule has 3 N–H and O–H groups in total. The van der Waals surface area contributed by atoms with Crippen molar-refractivity contribution in [2.24, 2.45) is 0 Å². The number of aryl methyl sites for hydroxylation is 2. The van der Waals surface area contributed by atoms with Crippen molar-refractivity contribution in [2.45, 2.75) is 40.0 Å². The van der Waals surface area contributed by atoms with Gasteiger partial charge in [-0.3, -0.25) is 4.98 Å². The van der Waals surface area contributed by atoms with Crippen LogP contribution in [0.4, 0.5) is 0 Å². The highest BCUT2D eigenvalue weighted by atomic mass is 32.1. The molecule has 108 valence electrons. The van der Waals surface area contributed by atoms with Gasteiger partial charge in [0.05, 0.1) is 12.3 Å². The van der Waals surface area contributed by atoms with Gasteiger partial charge in [0.15, 0.2) is 0 Å². The lowest BCUT2D eigenvalue weighted by Gasteiger charge is -2.11. The first kappa shape index (κ1) is 14.9. The Hall–Kier alpha value is -1.50. The first-order chi connectivity index (χ1) is 9.65. The van der Waals surface area contributed by atoms with Crippen molar-refractivity contribution in [3.63, 3.8) is 0 Å². The summed E-state index contributed by atoms with van der Waals surface area (Å²) < 4.78 is 0. The third kappa shape index (κ3) is 3.33. The van der Waals surface area contributed by atoms with E-state index in [2.05, 4.69) is 22.2 Å². The molecule has 5 nitrogen and oxygen atoms in total. The Kier molecular flexibility index (Phi) is 5.05. The van der Waals surface area contributed by atoms with Gasteiger partial charge in [0.25, 0.3) is 0 Å². The average molecular weight is 293 g/mol. The van der Waals surface area contributed by atoms with E-state index >= 15 is 0 Å². The van der Waals surface area contributed by atoms with Crippen molar-refractivity contribution in [3.8, 4) is 5.75 Å². The normalized spacial score (nSPS) is 10.9. The summed E-state index contributed by atoms with van der Waals surface area (Å²) in [5.41, 5.74) is 1.92. The maximum absolute atomic E-state index is 10.0. The molecule has 0 radical (unpaired) electrons. The van der Waals surface area contributed by atoms with E-state index in [9.17, 15) is 10.2 Å². The van der Waals surface area contributed by atoms with E-state index in [1.807, 2.05) is 6.20 Å². The molecule has 0 fully saturated rings. The minimum Gasteiger partial charge on any atom is -0.506 e. The lowest BCUT2D eigenvalue weighted by molar-refractivity contribution is 0.278. The van der Waals surface area contributed by atoms with Crippen LogP contribution < -0.4 is 5.32 Å². The van der Waals surface area contributed by atoms with Crippen molar-refractivity contribution in [2.75, 3.05) is 0 Å². The highest BCUT2D eigenvalue weighted by Crippen LogP contribution is 2.23. The molecule has 2 aromatic heterocycles. The number of rotatable bonds is 6. The molecule has 0 bridgehead atoms. The molecule has 0 saturated heterocycles. The summed E-state index contributed by atoms with van der Waals surface area (Å²) in [7, 11) is 0. The molecule has 0 unspecified atom stereocenters. The van der Waals surface area contributed by atoms with Crippen molar-refractivity contribution < 1.29 is 10.2 Å². The molecule has 2 rings (SSSR count). The summed E-state index contributed by atoms with van der Waals surface area (Å²) in [6.45, 7) is 4.85. The van der Waals surface area contributed by atoms with Crippen LogP contribution in [0.15, 0.2) is 12.4 Å². The number of pyridine rings is 1. The van der Waals surface area contributed by atoms with Gasteiger partial charge in [-0.15, -0.1) is 11.3 Å². The van der Waals surface area contributed by atoms with Gasteiger partial charge >= 0.3 is 0 Å². The summed E-state index contributed by atoms with van der Waals surface area (Å²) in [6, 6.07) is 0. The summed E-state index contributed by atoms with van der Waals surface area (Å²) in [5, 5.41) is 23.6. The fraction of sp³-hybridized carbons (Fsp3) is 0.429. The maximum Gasteiger partial charge on any atom is 0.141 e. The lowest BCUT2D eigenvalue weighted by Crippen LogP contribution is -2.14. The minimum atomic E-state index is -0.130. The molecule has 2 heterocycles. The number of aliphatic hydroxyl groups is 1.